The van der Waals surface area contributed by atoms with Gasteiger partial charge in [0.25, 0.3) is 0 Å². The van der Waals surface area contributed by atoms with Crippen LogP contribution in [-0.4, -0.2) is 36.9 Å². The highest BCUT2D eigenvalue weighted by Gasteiger charge is 2.34. The molecule has 0 N–H and O–H groups in total. The maximum absolute atomic E-state index is 12.2. The van der Waals surface area contributed by atoms with E-state index in [1.54, 1.807) is 11.2 Å². The Balaban J connectivity index is 2.10. The van der Waals surface area contributed by atoms with Crippen LogP contribution in [0.3, 0.4) is 0 Å². The molecule has 3 nitrogen and oxygen atoms in total. The van der Waals surface area contributed by atoms with Crippen molar-refractivity contribution in [2.75, 3.05) is 19.0 Å². The first-order chi connectivity index (χ1) is 8.55. The number of hydrogen-bond acceptors (Lipinski definition) is 2. The quantitative estimate of drug-likeness (QED) is 0.798. The van der Waals surface area contributed by atoms with Crippen molar-refractivity contribution < 1.29 is 8.42 Å². The highest BCUT2D eigenvalue weighted by atomic mass is 35.5. The molecule has 0 bridgehead atoms. The summed E-state index contributed by atoms with van der Waals surface area (Å²) in [7, 11) is -3.23. The Morgan fingerprint density at radius 1 is 1.39 bits per heavy atom. The van der Waals surface area contributed by atoms with E-state index in [4.69, 9.17) is 11.6 Å². The van der Waals surface area contributed by atoms with E-state index < -0.39 is 15.3 Å². The molecule has 2 atom stereocenters. The second-order valence-corrected chi connectivity index (χ2v) is 7.42. The minimum Gasteiger partial charge on any atom is -0.212 e. The SMILES string of the molecule is CC(CCl)S(=O)(=O)N1CCC(c2ccccc2)C1. The molecule has 18 heavy (non-hydrogen) atoms. The number of nitrogens with zero attached hydrogens (tertiary/aromatic N) is 1. The summed E-state index contributed by atoms with van der Waals surface area (Å²) in [6.07, 6.45) is 0.887. The summed E-state index contributed by atoms with van der Waals surface area (Å²) in [6, 6.07) is 10.1. The van der Waals surface area contributed by atoms with Gasteiger partial charge in [-0.2, -0.15) is 0 Å². The van der Waals surface area contributed by atoms with Crippen molar-refractivity contribution in [1.29, 1.82) is 0 Å². The van der Waals surface area contributed by atoms with Gasteiger partial charge in [0.1, 0.15) is 0 Å². The Bertz CT molecular complexity index is 489. The summed E-state index contributed by atoms with van der Waals surface area (Å²) in [6.45, 7) is 2.84. The van der Waals surface area contributed by atoms with Crippen LogP contribution in [-0.2, 0) is 10.0 Å². The summed E-state index contributed by atoms with van der Waals surface area (Å²) in [4.78, 5) is 0. The van der Waals surface area contributed by atoms with Crippen molar-refractivity contribution in [2.24, 2.45) is 0 Å². The molecule has 0 saturated carbocycles. The van der Waals surface area contributed by atoms with Crippen LogP contribution in [0.2, 0.25) is 0 Å². The molecule has 2 unspecified atom stereocenters. The lowest BCUT2D eigenvalue weighted by molar-refractivity contribution is 0.466. The highest BCUT2D eigenvalue weighted by molar-refractivity contribution is 7.89. The van der Waals surface area contributed by atoms with Gasteiger partial charge in [-0.15, -0.1) is 11.6 Å². The third-order valence-corrected chi connectivity index (χ3v) is 6.39. The maximum Gasteiger partial charge on any atom is 0.217 e. The molecule has 1 fully saturated rings. The molecule has 1 aliphatic heterocycles. The summed E-state index contributed by atoms with van der Waals surface area (Å²) in [5, 5.41) is -0.506. The predicted molar refractivity (Wildman–Crippen MR) is 74.5 cm³/mol. The fourth-order valence-corrected chi connectivity index (χ4v) is 4.18. The molecule has 1 aliphatic rings. The van der Waals surface area contributed by atoms with E-state index in [0.717, 1.165) is 6.42 Å². The number of alkyl halides is 1. The van der Waals surface area contributed by atoms with Crippen LogP contribution in [0.15, 0.2) is 30.3 Å². The zero-order chi connectivity index (χ0) is 13.2. The van der Waals surface area contributed by atoms with E-state index in [1.165, 1.54) is 5.56 Å². The Morgan fingerprint density at radius 3 is 2.67 bits per heavy atom. The standard InChI is InChI=1S/C13H18ClNO2S/c1-11(9-14)18(16,17)15-8-7-13(10-15)12-5-3-2-4-6-12/h2-6,11,13H,7-10H2,1H3. The molecule has 1 aromatic carbocycles. The normalized spacial score (nSPS) is 23.1. The molecule has 1 aromatic rings. The molecule has 1 saturated heterocycles. The van der Waals surface area contributed by atoms with Gasteiger partial charge in [0.15, 0.2) is 0 Å². The van der Waals surface area contributed by atoms with Gasteiger partial charge in [0.05, 0.1) is 5.25 Å². The first kappa shape index (κ1) is 13.8. The monoisotopic (exact) mass is 287 g/mol. The Kier molecular flexibility index (Phi) is 4.30. The lowest BCUT2D eigenvalue weighted by Crippen LogP contribution is -2.36. The molecule has 0 aromatic heterocycles. The molecular formula is C13H18ClNO2S. The van der Waals surface area contributed by atoms with Crippen LogP contribution in [0, 0.1) is 0 Å². The number of hydrogen-bond donors (Lipinski definition) is 0. The summed E-state index contributed by atoms with van der Waals surface area (Å²) in [5.74, 6) is 0.456. The molecule has 2 rings (SSSR count). The van der Waals surface area contributed by atoms with Gasteiger partial charge in [0.2, 0.25) is 10.0 Å². The van der Waals surface area contributed by atoms with E-state index in [1.807, 2.05) is 18.2 Å². The van der Waals surface area contributed by atoms with Crippen LogP contribution in [0.1, 0.15) is 24.8 Å². The van der Waals surface area contributed by atoms with Gasteiger partial charge in [-0.25, -0.2) is 12.7 Å². The first-order valence-corrected chi connectivity index (χ1v) is 8.19. The minimum absolute atomic E-state index is 0.148. The molecule has 0 spiro atoms. The van der Waals surface area contributed by atoms with Crippen LogP contribution in [0.4, 0.5) is 0 Å². The lowest BCUT2D eigenvalue weighted by Gasteiger charge is -2.20. The fourth-order valence-electron chi connectivity index (χ4n) is 2.29. The lowest BCUT2D eigenvalue weighted by atomic mass is 9.99. The first-order valence-electron chi connectivity index (χ1n) is 6.15. The molecular weight excluding hydrogens is 270 g/mol. The third kappa shape index (κ3) is 2.71. The second-order valence-electron chi connectivity index (χ2n) is 4.76. The minimum atomic E-state index is -3.23. The van der Waals surface area contributed by atoms with Crippen LogP contribution in [0.5, 0.6) is 0 Å². The van der Waals surface area contributed by atoms with E-state index in [2.05, 4.69) is 12.1 Å². The zero-order valence-electron chi connectivity index (χ0n) is 10.4. The van der Waals surface area contributed by atoms with Crippen molar-refractivity contribution >= 4 is 21.6 Å². The molecule has 0 radical (unpaired) electrons. The van der Waals surface area contributed by atoms with Gasteiger partial charge in [0, 0.05) is 19.0 Å². The topological polar surface area (TPSA) is 37.4 Å². The third-order valence-electron chi connectivity index (χ3n) is 3.51. The Morgan fingerprint density at radius 2 is 2.06 bits per heavy atom. The second kappa shape index (κ2) is 5.59. The zero-order valence-corrected chi connectivity index (χ0v) is 12.0. The average Bonchev–Trinajstić information content (AvgIpc) is 2.89. The summed E-state index contributed by atoms with van der Waals surface area (Å²) in [5.41, 5.74) is 1.22. The number of sulfonamides is 1. The van der Waals surface area contributed by atoms with Crippen molar-refractivity contribution in [2.45, 2.75) is 24.5 Å². The molecule has 5 heteroatoms. The van der Waals surface area contributed by atoms with Gasteiger partial charge in [-0.05, 0) is 24.8 Å². The Hall–Kier alpha value is -0.580. The molecule has 1 heterocycles. The van der Waals surface area contributed by atoms with E-state index in [0.29, 0.717) is 19.0 Å². The van der Waals surface area contributed by atoms with Crippen molar-refractivity contribution in [1.82, 2.24) is 4.31 Å². The molecule has 0 aliphatic carbocycles. The average molecular weight is 288 g/mol. The number of halogens is 1. The molecule has 0 amide bonds. The highest BCUT2D eigenvalue weighted by Crippen LogP contribution is 2.29. The van der Waals surface area contributed by atoms with E-state index in [9.17, 15) is 8.42 Å². The Labute approximate surface area is 114 Å². The molecule has 100 valence electrons. The van der Waals surface area contributed by atoms with Gasteiger partial charge in [-0.1, -0.05) is 30.3 Å². The number of benzene rings is 1. The smallest absolute Gasteiger partial charge is 0.212 e. The van der Waals surface area contributed by atoms with Crippen LogP contribution >= 0.6 is 11.6 Å². The van der Waals surface area contributed by atoms with Crippen molar-refractivity contribution in [3.8, 4) is 0 Å². The van der Waals surface area contributed by atoms with Crippen molar-refractivity contribution in [3.63, 3.8) is 0 Å². The van der Waals surface area contributed by atoms with E-state index in [-0.39, 0.29) is 5.88 Å². The van der Waals surface area contributed by atoms with Gasteiger partial charge >= 0.3 is 0 Å². The fraction of sp³-hybridized carbons (Fsp3) is 0.538. The summed E-state index contributed by atoms with van der Waals surface area (Å²) >= 11 is 5.66. The van der Waals surface area contributed by atoms with E-state index >= 15 is 0 Å². The number of rotatable bonds is 4. The van der Waals surface area contributed by atoms with Crippen LogP contribution in [0.25, 0.3) is 0 Å². The largest absolute Gasteiger partial charge is 0.217 e. The summed E-state index contributed by atoms with van der Waals surface area (Å²) < 4.78 is 25.9. The maximum atomic E-state index is 12.2. The van der Waals surface area contributed by atoms with Crippen molar-refractivity contribution in [3.05, 3.63) is 35.9 Å². The van der Waals surface area contributed by atoms with Gasteiger partial charge in [-0.3, -0.25) is 0 Å². The van der Waals surface area contributed by atoms with Gasteiger partial charge < -0.3 is 0 Å². The predicted octanol–water partition coefficient (Wildman–Crippen LogP) is 2.43. The van der Waals surface area contributed by atoms with Crippen LogP contribution < -0.4 is 0 Å².